The molecule has 3 saturated heterocycles. The van der Waals surface area contributed by atoms with Gasteiger partial charge in [0.15, 0.2) is 0 Å². The molecule has 2 saturated carbocycles. The number of fused-ring (bicyclic) bond motifs is 1. The van der Waals surface area contributed by atoms with E-state index in [2.05, 4.69) is 20.9 Å². The number of benzene rings is 1. The number of hydrogen-bond acceptors (Lipinski definition) is 16. The van der Waals surface area contributed by atoms with Gasteiger partial charge in [-0.1, -0.05) is 13.3 Å². The minimum Gasteiger partial charge on any atom is -0.497 e. The Balaban J connectivity index is 0.000000387. The number of methoxy groups -OCH3 is 1. The molecule has 0 spiro atoms. The predicted octanol–water partition coefficient (Wildman–Crippen LogP) is 4.13. The van der Waals surface area contributed by atoms with Crippen molar-refractivity contribution in [3.63, 3.8) is 0 Å². The van der Waals surface area contributed by atoms with Crippen molar-refractivity contribution in [3.8, 4) is 11.6 Å². The van der Waals surface area contributed by atoms with Crippen molar-refractivity contribution in [1.29, 1.82) is 0 Å². The fourth-order valence-electron chi connectivity index (χ4n) is 8.98. The van der Waals surface area contributed by atoms with E-state index in [0.29, 0.717) is 88.4 Å². The summed E-state index contributed by atoms with van der Waals surface area (Å²) in [7, 11) is -2.83. The van der Waals surface area contributed by atoms with Crippen molar-refractivity contribution in [1.82, 2.24) is 30.6 Å². The summed E-state index contributed by atoms with van der Waals surface area (Å²) in [4.78, 5) is 84.2. The SMILES string of the molecule is CC(C)(C)OC(=O)N[C@H](C(=O)O)C1CCOCC1.CC[C@@H]1C[C@]1(NC(=O)[C@@H]1C[C@@H](Oc2nccc3cc(OC)ccc23)CN1C(=O)[C@@H](NC(=O)OC(C)(C)C)C1CCOCC1)C(=O)NS(=O)(=O)OC1CC1. The first kappa shape index (κ1) is 54.8. The van der Waals surface area contributed by atoms with Gasteiger partial charge in [-0.25, -0.2) is 24.1 Å². The number of aliphatic carboxylic acids is 1. The van der Waals surface area contributed by atoms with E-state index < -0.39 is 93.3 Å². The van der Waals surface area contributed by atoms with E-state index in [4.69, 9.17) is 37.7 Å². The van der Waals surface area contributed by atoms with Gasteiger partial charge in [-0.3, -0.25) is 18.6 Å². The van der Waals surface area contributed by atoms with Crippen LogP contribution in [0.15, 0.2) is 30.5 Å². The van der Waals surface area contributed by atoms with Gasteiger partial charge in [0, 0.05) is 44.4 Å². The van der Waals surface area contributed by atoms with E-state index in [0.717, 1.165) is 5.39 Å². The summed E-state index contributed by atoms with van der Waals surface area (Å²) >= 11 is 0. The molecule has 394 valence electrons. The Kier molecular flexibility index (Phi) is 17.7. The van der Waals surface area contributed by atoms with Crippen LogP contribution in [0.1, 0.15) is 106 Å². The highest BCUT2D eigenvalue weighted by Gasteiger charge is 2.62. The fraction of sp³-hybridized carbons (Fsp3) is 0.688. The van der Waals surface area contributed by atoms with E-state index in [9.17, 15) is 37.2 Å². The number of alkyl carbamates (subject to hydrolysis) is 2. The third-order valence-electron chi connectivity index (χ3n) is 12.8. The molecule has 2 aromatic rings. The Morgan fingerprint density at radius 3 is 1.94 bits per heavy atom. The number of carboxylic acids is 1. The maximum Gasteiger partial charge on any atom is 0.408 e. The topological polar surface area (TPSA) is 286 Å². The molecule has 2 aliphatic carbocycles. The maximum atomic E-state index is 14.6. The highest BCUT2D eigenvalue weighted by atomic mass is 32.2. The second kappa shape index (κ2) is 22.9. The molecule has 0 unspecified atom stereocenters. The molecule has 7 rings (SSSR count). The Hall–Kier alpha value is -5.52. The average Bonchev–Trinajstić information content (AvgIpc) is 4.22. The second-order valence-corrected chi connectivity index (χ2v) is 21.9. The summed E-state index contributed by atoms with van der Waals surface area (Å²) in [6, 6.07) is 4.12. The molecule has 3 aliphatic heterocycles. The van der Waals surface area contributed by atoms with Crippen molar-refractivity contribution in [2.24, 2.45) is 17.8 Å². The zero-order valence-corrected chi connectivity index (χ0v) is 42.6. The first-order valence-electron chi connectivity index (χ1n) is 24.3. The van der Waals surface area contributed by atoms with Gasteiger partial charge in [-0.05, 0) is 134 Å². The van der Waals surface area contributed by atoms with Gasteiger partial charge in [0.05, 0.1) is 19.8 Å². The molecular formula is C48H70N6O16S. The van der Waals surface area contributed by atoms with E-state index >= 15 is 0 Å². The minimum atomic E-state index is -4.40. The number of nitrogens with zero attached hydrogens (tertiary/aromatic N) is 2. The largest absolute Gasteiger partial charge is 0.497 e. The molecule has 5 fully saturated rings. The van der Waals surface area contributed by atoms with Gasteiger partial charge in [0.25, 0.3) is 5.91 Å². The Labute approximate surface area is 414 Å². The van der Waals surface area contributed by atoms with Crippen molar-refractivity contribution < 1.29 is 74.9 Å². The summed E-state index contributed by atoms with van der Waals surface area (Å²) in [5, 5.41) is 18.7. The van der Waals surface area contributed by atoms with Gasteiger partial charge in [0.1, 0.15) is 46.7 Å². The van der Waals surface area contributed by atoms with E-state index in [-0.39, 0.29) is 37.1 Å². The third kappa shape index (κ3) is 15.2. The molecule has 71 heavy (non-hydrogen) atoms. The van der Waals surface area contributed by atoms with Crippen LogP contribution < -0.4 is 30.1 Å². The number of likely N-dealkylation sites (tertiary alicyclic amines) is 1. The van der Waals surface area contributed by atoms with Gasteiger partial charge < -0.3 is 54.4 Å². The number of rotatable bonds is 16. The van der Waals surface area contributed by atoms with Gasteiger partial charge in [0.2, 0.25) is 17.7 Å². The molecule has 1 aromatic heterocycles. The molecular weight excluding hydrogens is 949 g/mol. The van der Waals surface area contributed by atoms with Gasteiger partial charge in [-0.2, -0.15) is 8.42 Å². The molecule has 23 heteroatoms. The molecule has 1 aromatic carbocycles. The van der Waals surface area contributed by atoms with Crippen LogP contribution in [0.3, 0.4) is 0 Å². The number of ether oxygens (including phenoxy) is 6. The molecule has 5 aliphatic rings. The number of nitrogens with one attached hydrogen (secondary N) is 4. The van der Waals surface area contributed by atoms with E-state index in [1.165, 1.54) is 4.90 Å². The molecule has 22 nitrogen and oxygen atoms in total. The van der Waals surface area contributed by atoms with Crippen LogP contribution in [0.5, 0.6) is 11.6 Å². The van der Waals surface area contributed by atoms with Crippen molar-refractivity contribution in [2.45, 2.75) is 153 Å². The summed E-state index contributed by atoms with van der Waals surface area (Å²) in [6.07, 6.45) is 3.02. The standard InChI is InChI=1S/C36H49N5O11S.C12H21NO5/c1-6-23-19-36(23,33(44)40-53(46,47)52-24-7-8-24)39-30(42)28-18-26(50-31-27-10-9-25(48-5)17-22(27)11-14-37-31)20-41(28)32(43)29(21-12-15-49-16-13-21)38-34(45)51-35(2,3)4;1-12(2,3)18-11(16)13-9(10(14)15)8-4-6-17-7-5-8/h9-11,14,17,21,23-24,26,28-29H,6-8,12-13,15-16,18-20H2,1-5H3,(H,38,45)(H,39,42)(H,40,44);8-9H,4-7H2,1-3H3,(H,13,16)(H,14,15)/t23-,26-,28+,29+,36-;9-/m10/s1. The Bertz CT molecular complexity index is 2360. The van der Waals surface area contributed by atoms with Gasteiger partial charge in [-0.15, -0.1) is 0 Å². The van der Waals surface area contributed by atoms with Crippen LogP contribution in [0.25, 0.3) is 10.8 Å². The first-order chi connectivity index (χ1) is 33.4. The Morgan fingerprint density at radius 2 is 1.42 bits per heavy atom. The quantitative estimate of drug-likeness (QED) is 0.158. The van der Waals surface area contributed by atoms with Crippen LogP contribution in [0.2, 0.25) is 0 Å². The summed E-state index contributed by atoms with van der Waals surface area (Å²) in [5.41, 5.74) is -2.99. The lowest BCUT2D eigenvalue weighted by atomic mass is 9.90. The molecule has 0 radical (unpaired) electrons. The van der Waals surface area contributed by atoms with Crippen LogP contribution in [-0.2, 0) is 52.6 Å². The summed E-state index contributed by atoms with van der Waals surface area (Å²) < 4.78 is 65.3. The van der Waals surface area contributed by atoms with Crippen molar-refractivity contribution in [2.75, 3.05) is 40.1 Å². The van der Waals surface area contributed by atoms with Crippen molar-refractivity contribution in [3.05, 3.63) is 30.5 Å². The Morgan fingerprint density at radius 1 is 0.845 bits per heavy atom. The van der Waals surface area contributed by atoms with E-state index in [1.54, 1.807) is 60.9 Å². The summed E-state index contributed by atoms with van der Waals surface area (Å²) in [6.45, 7) is 14.0. The maximum absolute atomic E-state index is 14.6. The number of hydrogen-bond donors (Lipinski definition) is 5. The zero-order chi connectivity index (χ0) is 51.9. The van der Waals surface area contributed by atoms with Crippen LogP contribution in [0.4, 0.5) is 9.59 Å². The molecule has 4 heterocycles. The number of carboxylic acid groups (broad SMARTS) is 1. The first-order valence-corrected chi connectivity index (χ1v) is 25.7. The third-order valence-corrected chi connectivity index (χ3v) is 13.7. The molecule has 5 N–H and O–H groups in total. The summed E-state index contributed by atoms with van der Waals surface area (Å²) in [5.74, 6) is -2.94. The molecule has 5 amide bonds. The predicted molar refractivity (Wildman–Crippen MR) is 254 cm³/mol. The average molecular weight is 1020 g/mol. The smallest absolute Gasteiger partial charge is 0.408 e. The lowest BCUT2D eigenvalue weighted by Crippen LogP contribution is -2.59. The molecule has 6 atom stereocenters. The van der Waals surface area contributed by atoms with Crippen LogP contribution in [0, 0.1) is 17.8 Å². The number of carbonyl (C=O) groups is 6. The fourth-order valence-corrected chi connectivity index (χ4v) is 9.98. The normalized spacial score (nSPS) is 23.7. The second-order valence-electron chi connectivity index (χ2n) is 20.6. The zero-order valence-electron chi connectivity index (χ0n) is 41.8. The lowest BCUT2D eigenvalue weighted by molar-refractivity contribution is -0.143. The van der Waals surface area contributed by atoms with Crippen LogP contribution >= 0.6 is 0 Å². The lowest BCUT2D eigenvalue weighted by Gasteiger charge is -2.35. The monoisotopic (exact) mass is 1020 g/mol. The van der Waals surface area contributed by atoms with E-state index in [1.807, 2.05) is 29.8 Å². The number of aromatic nitrogens is 1. The highest BCUT2D eigenvalue weighted by Crippen LogP contribution is 2.47. The molecule has 0 bridgehead atoms. The number of amides is 5. The minimum absolute atomic E-state index is 0.0241. The highest BCUT2D eigenvalue weighted by molar-refractivity contribution is 7.85. The number of carbonyl (C=O) groups excluding carboxylic acids is 5. The van der Waals surface area contributed by atoms with Crippen LogP contribution in [-0.4, -0.2) is 146 Å². The van der Waals surface area contributed by atoms with Gasteiger partial charge >= 0.3 is 28.5 Å². The number of pyridine rings is 1. The van der Waals surface area contributed by atoms with Crippen molar-refractivity contribution >= 4 is 57.0 Å².